The van der Waals surface area contributed by atoms with Crippen molar-refractivity contribution in [1.29, 1.82) is 0 Å². The highest BCUT2D eigenvalue weighted by Crippen LogP contribution is 2.21. The minimum atomic E-state index is -3.52. The van der Waals surface area contributed by atoms with Crippen molar-refractivity contribution in [1.82, 2.24) is 9.71 Å². The summed E-state index contributed by atoms with van der Waals surface area (Å²) >= 11 is 1.08. The predicted octanol–water partition coefficient (Wildman–Crippen LogP) is 1.35. The summed E-state index contributed by atoms with van der Waals surface area (Å²) in [5.74, 6) is 0. The van der Waals surface area contributed by atoms with Gasteiger partial charge in [-0.2, -0.15) is 0 Å². The third kappa shape index (κ3) is 3.47. The van der Waals surface area contributed by atoms with E-state index in [-0.39, 0.29) is 9.77 Å². The normalized spacial score (nSPS) is 11.4. The molecule has 1 heterocycles. The van der Waals surface area contributed by atoms with Crippen LogP contribution in [0.1, 0.15) is 12.6 Å². The van der Waals surface area contributed by atoms with Crippen LogP contribution in [0.15, 0.2) is 39.3 Å². The molecule has 0 bridgehead atoms. The van der Waals surface area contributed by atoms with Crippen LogP contribution in [-0.4, -0.2) is 19.9 Å². The smallest absolute Gasteiger partial charge is 0.304 e. The Bertz CT molecular complexity index is 734. The van der Waals surface area contributed by atoms with E-state index in [1.54, 1.807) is 30.5 Å². The van der Waals surface area contributed by atoms with Crippen molar-refractivity contribution in [3.8, 4) is 0 Å². The zero-order chi connectivity index (χ0) is 14.6. The van der Waals surface area contributed by atoms with Gasteiger partial charge in [0.1, 0.15) is 4.90 Å². The minimum absolute atomic E-state index is 0.129. The first kappa shape index (κ1) is 14.8. The highest BCUT2D eigenvalue weighted by atomic mass is 32.2. The average molecular weight is 313 g/mol. The highest BCUT2D eigenvalue weighted by Gasteiger charge is 2.16. The Morgan fingerprint density at radius 3 is 2.70 bits per heavy atom. The molecule has 0 atom stereocenters. The van der Waals surface area contributed by atoms with Gasteiger partial charge in [-0.25, -0.2) is 13.1 Å². The molecule has 2 rings (SSSR count). The van der Waals surface area contributed by atoms with Crippen LogP contribution in [0, 0.1) is 0 Å². The molecular weight excluding hydrogens is 298 g/mol. The van der Waals surface area contributed by atoms with Crippen LogP contribution in [0.3, 0.4) is 0 Å². The number of aromatic amines is 1. The molecule has 108 valence electrons. The second-order valence-corrected chi connectivity index (χ2v) is 6.60. The number of nitrogens with one attached hydrogen (secondary N) is 3. The number of sulfonamides is 1. The third-order valence-electron chi connectivity index (χ3n) is 2.55. The maximum atomic E-state index is 12.1. The molecule has 8 heteroatoms. The third-order valence-corrected chi connectivity index (χ3v) is 4.87. The Kier molecular flexibility index (Phi) is 4.58. The molecule has 0 saturated carbocycles. The molecule has 2 aromatic rings. The maximum Gasteiger partial charge on any atom is 0.304 e. The summed E-state index contributed by atoms with van der Waals surface area (Å²) in [6.45, 7) is 2.41. The van der Waals surface area contributed by atoms with Crippen LogP contribution in [0.5, 0.6) is 0 Å². The minimum Gasteiger partial charge on any atom is -0.378 e. The van der Waals surface area contributed by atoms with E-state index in [0.29, 0.717) is 18.8 Å². The molecule has 3 N–H and O–H groups in total. The molecule has 6 nitrogen and oxygen atoms in total. The molecule has 1 aromatic heterocycles. The number of para-hydroxylation sites is 1. The Morgan fingerprint density at radius 2 is 2.05 bits per heavy atom. The number of rotatable bonds is 6. The summed E-state index contributed by atoms with van der Waals surface area (Å²) in [6.07, 6.45) is 0. The molecule has 0 saturated heterocycles. The Balaban J connectivity index is 2.22. The lowest BCUT2D eigenvalue weighted by atomic mass is 10.3. The van der Waals surface area contributed by atoms with Crippen molar-refractivity contribution < 1.29 is 8.42 Å². The molecule has 0 spiro atoms. The van der Waals surface area contributed by atoms with Crippen LogP contribution < -0.4 is 14.9 Å². The summed E-state index contributed by atoms with van der Waals surface area (Å²) in [6, 6.07) is 6.65. The van der Waals surface area contributed by atoms with Crippen molar-refractivity contribution in [3.05, 3.63) is 45.0 Å². The molecule has 0 fully saturated rings. The zero-order valence-corrected chi connectivity index (χ0v) is 12.5. The van der Waals surface area contributed by atoms with Crippen LogP contribution >= 0.6 is 11.3 Å². The topological polar surface area (TPSA) is 91.1 Å². The lowest BCUT2D eigenvalue weighted by molar-refractivity contribution is 0.584. The van der Waals surface area contributed by atoms with Crippen molar-refractivity contribution in [2.75, 3.05) is 11.9 Å². The predicted molar refractivity (Wildman–Crippen MR) is 79.6 cm³/mol. The first-order chi connectivity index (χ1) is 9.53. The quantitative estimate of drug-likeness (QED) is 0.750. The van der Waals surface area contributed by atoms with Gasteiger partial charge in [0.25, 0.3) is 0 Å². The van der Waals surface area contributed by atoms with Gasteiger partial charge in [0.05, 0.1) is 12.2 Å². The second kappa shape index (κ2) is 6.21. The number of H-pyrrole nitrogens is 1. The Morgan fingerprint density at radius 1 is 1.30 bits per heavy atom. The molecule has 1 aromatic carbocycles. The zero-order valence-electron chi connectivity index (χ0n) is 10.8. The van der Waals surface area contributed by atoms with E-state index in [2.05, 4.69) is 15.0 Å². The van der Waals surface area contributed by atoms with Gasteiger partial charge in [0.2, 0.25) is 10.0 Å². The summed E-state index contributed by atoms with van der Waals surface area (Å²) in [7, 11) is -3.52. The second-order valence-electron chi connectivity index (χ2n) is 4.02. The van der Waals surface area contributed by atoms with E-state index < -0.39 is 10.0 Å². The van der Waals surface area contributed by atoms with Gasteiger partial charge in [-0.1, -0.05) is 30.4 Å². The molecule has 0 radical (unpaired) electrons. The largest absolute Gasteiger partial charge is 0.378 e. The van der Waals surface area contributed by atoms with E-state index in [0.717, 1.165) is 17.0 Å². The molecule has 20 heavy (non-hydrogen) atoms. The summed E-state index contributed by atoms with van der Waals surface area (Å²) in [5, 5.41) is 4.73. The van der Waals surface area contributed by atoms with E-state index in [1.807, 2.05) is 0 Å². The molecule has 0 aliphatic carbocycles. The number of aromatic nitrogens is 1. The number of anilines is 1. The first-order valence-corrected chi connectivity index (χ1v) is 8.38. The van der Waals surface area contributed by atoms with Crippen LogP contribution in [0.2, 0.25) is 0 Å². The van der Waals surface area contributed by atoms with Crippen molar-refractivity contribution in [2.24, 2.45) is 0 Å². The summed E-state index contributed by atoms with van der Waals surface area (Å²) in [4.78, 5) is 13.8. The molecular formula is C12H15N3O3S2. The number of hydrogen-bond donors (Lipinski definition) is 3. The highest BCUT2D eigenvalue weighted by molar-refractivity contribution is 7.89. The van der Waals surface area contributed by atoms with Crippen LogP contribution in [0.4, 0.5) is 5.69 Å². The van der Waals surface area contributed by atoms with Crippen LogP contribution in [-0.2, 0) is 16.6 Å². The van der Waals surface area contributed by atoms with Crippen molar-refractivity contribution >= 4 is 27.0 Å². The fourth-order valence-corrected chi connectivity index (χ4v) is 3.51. The fraction of sp³-hybridized carbons (Fsp3) is 0.250. The van der Waals surface area contributed by atoms with Gasteiger partial charge in [0.15, 0.2) is 0 Å². The van der Waals surface area contributed by atoms with Gasteiger partial charge in [-0.05, 0) is 12.1 Å². The monoisotopic (exact) mass is 313 g/mol. The molecule has 0 aliphatic heterocycles. The Hall–Kier alpha value is -1.64. The van der Waals surface area contributed by atoms with Gasteiger partial charge < -0.3 is 10.3 Å². The number of benzene rings is 1. The number of thiazole rings is 1. The maximum absolute atomic E-state index is 12.1. The lowest BCUT2D eigenvalue weighted by Gasteiger charge is -2.12. The van der Waals surface area contributed by atoms with Gasteiger partial charge in [-0.3, -0.25) is 4.79 Å². The van der Waals surface area contributed by atoms with Crippen LogP contribution in [0.25, 0.3) is 0 Å². The van der Waals surface area contributed by atoms with E-state index in [1.165, 1.54) is 6.07 Å². The Labute approximate surface area is 120 Å². The molecule has 0 aliphatic rings. The number of hydrogen-bond acceptors (Lipinski definition) is 5. The first-order valence-electron chi connectivity index (χ1n) is 6.02. The van der Waals surface area contributed by atoms with E-state index in [4.69, 9.17) is 0 Å². The van der Waals surface area contributed by atoms with Gasteiger partial charge >= 0.3 is 4.87 Å². The molecule has 0 unspecified atom stereocenters. The average Bonchev–Trinajstić information content (AvgIpc) is 2.82. The molecule has 0 amide bonds. The summed E-state index contributed by atoms with van der Waals surface area (Å²) in [5.41, 5.74) is 1.22. The van der Waals surface area contributed by atoms with Crippen molar-refractivity contribution in [3.63, 3.8) is 0 Å². The van der Waals surface area contributed by atoms with Gasteiger partial charge in [0, 0.05) is 17.6 Å². The van der Waals surface area contributed by atoms with Crippen molar-refractivity contribution in [2.45, 2.75) is 18.4 Å². The fourth-order valence-electron chi connectivity index (χ4n) is 1.71. The SMILES string of the molecule is CCNS(=O)(=O)c1ccccc1NCc1csc(=O)[nH]1. The van der Waals surface area contributed by atoms with E-state index >= 15 is 0 Å². The standard InChI is InChI=1S/C12H15N3O3S2/c1-2-14-20(17,18)11-6-4-3-5-10(11)13-7-9-8-19-12(16)15-9/h3-6,8,13-14H,2,7H2,1H3,(H,15,16). The van der Waals surface area contributed by atoms with E-state index in [9.17, 15) is 13.2 Å². The lowest BCUT2D eigenvalue weighted by Crippen LogP contribution is -2.24. The van der Waals surface area contributed by atoms with Gasteiger partial charge in [-0.15, -0.1) is 0 Å². The summed E-state index contributed by atoms with van der Waals surface area (Å²) < 4.78 is 26.6.